The van der Waals surface area contributed by atoms with Crippen LogP contribution in [0.15, 0.2) is 47.6 Å². The van der Waals surface area contributed by atoms with Crippen molar-refractivity contribution in [1.82, 2.24) is 9.29 Å². The summed E-state index contributed by atoms with van der Waals surface area (Å²) < 4.78 is 31.2. The van der Waals surface area contributed by atoms with Gasteiger partial charge in [-0.05, 0) is 37.3 Å². The lowest BCUT2D eigenvalue weighted by Gasteiger charge is -2.17. The van der Waals surface area contributed by atoms with Crippen LogP contribution < -0.4 is 10.1 Å². The van der Waals surface area contributed by atoms with Crippen LogP contribution in [0.2, 0.25) is 0 Å². The van der Waals surface area contributed by atoms with Crippen molar-refractivity contribution in [3.8, 4) is 11.8 Å². The van der Waals surface area contributed by atoms with Crippen molar-refractivity contribution in [1.29, 1.82) is 5.26 Å². The maximum Gasteiger partial charge on any atom is 0.244 e. The Balaban J connectivity index is 2.15. The van der Waals surface area contributed by atoms with Crippen LogP contribution in [0.25, 0.3) is 0 Å². The number of nitrogens with one attached hydrogen (secondary N) is 1. The Morgan fingerprint density at radius 3 is 2.77 bits per heavy atom. The number of rotatable bonds is 7. The Bertz CT molecular complexity index is 924. The van der Waals surface area contributed by atoms with Crippen molar-refractivity contribution >= 4 is 21.6 Å². The molecule has 0 saturated carbocycles. The van der Waals surface area contributed by atoms with Gasteiger partial charge in [-0.15, -0.1) is 0 Å². The van der Waals surface area contributed by atoms with E-state index in [1.807, 2.05) is 6.07 Å². The quantitative estimate of drug-likeness (QED) is 0.788. The van der Waals surface area contributed by atoms with Crippen LogP contribution in [-0.2, 0) is 14.8 Å². The molecule has 1 N–H and O–H groups in total. The zero-order valence-electron chi connectivity index (χ0n) is 14.3. The molecule has 26 heavy (non-hydrogen) atoms. The topological polar surface area (TPSA) is 112 Å². The van der Waals surface area contributed by atoms with Crippen LogP contribution >= 0.6 is 0 Å². The summed E-state index contributed by atoms with van der Waals surface area (Å²) in [5.41, 5.74) is 0.656. The molecule has 1 aromatic carbocycles. The summed E-state index contributed by atoms with van der Waals surface area (Å²) in [4.78, 5) is 16.1. The number of carbonyl (C=O) groups excluding carboxylic acids is 1. The van der Waals surface area contributed by atoms with Crippen LogP contribution in [-0.4, -0.2) is 43.8 Å². The minimum Gasteiger partial charge on any atom is -0.492 e. The van der Waals surface area contributed by atoms with E-state index in [9.17, 15) is 13.2 Å². The SMILES string of the molecule is CCOc1ccc(C#N)cc1NC(=O)CN(C)S(=O)(=O)c1cccnc1. The molecule has 1 amide bonds. The number of benzene rings is 1. The lowest BCUT2D eigenvalue weighted by atomic mass is 10.2. The van der Waals surface area contributed by atoms with E-state index < -0.39 is 22.5 Å². The van der Waals surface area contributed by atoms with Gasteiger partial charge in [-0.25, -0.2) is 8.42 Å². The number of hydrogen-bond acceptors (Lipinski definition) is 6. The number of sulfonamides is 1. The standard InChI is InChI=1S/C17H18N4O4S/c1-3-25-16-7-6-13(10-18)9-15(16)20-17(22)12-21(2)26(23,24)14-5-4-8-19-11-14/h4-9,11H,3,12H2,1-2H3,(H,20,22). The molecule has 0 aliphatic heterocycles. The molecule has 0 aliphatic rings. The van der Waals surface area contributed by atoms with E-state index in [0.717, 1.165) is 4.31 Å². The molecule has 0 aliphatic carbocycles. The van der Waals surface area contributed by atoms with Crippen LogP contribution in [0.3, 0.4) is 0 Å². The molecular weight excluding hydrogens is 356 g/mol. The molecule has 1 heterocycles. The molecule has 0 spiro atoms. The third kappa shape index (κ3) is 4.56. The fraction of sp³-hybridized carbons (Fsp3) is 0.235. The van der Waals surface area contributed by atoms with Crippen molar-refractivity contribution in [2.75, 3.05) is 25.5 Å². The number of anilines is 1. The first kappa shape index (κ1) is 19.4. The van der Waals surface area contributed by atoms with E-state index in [0.29, 0.717) is 23.6 Å². The molecule has 0 atom stereocenters. The number of likely N-dealkylation sites (N-methyl/N-ethyl adjacent to an activating group) is 1. The number of hydrogen-bond donors (Lipinski definition) is 1. The van der Waals surface area contributed by atoms with Crippen molar-refractivity contribution in [2.24, 2.45) is 0 Å². The molecule has 0 bridgehead atoms. The Morgan fingerprint density at radius 1 is 1.38 bits per heavy atom. The monoisotopic (exact) mass is 374 g/mol. The summed E-state index contributed by atoms with van der Waals surface area (Å²) in [6, 6.07) is 9.50. The minimum absolute atomic E-state index is 0.00298. The molecule has 8 nitrogen and oxygen atoms in total. The minimum atomic E-state index is -3.83. The maximum absolute atomic E-state index is 12.4. The van der Waals surface area contributed by atoms with Gasteiger partial charge in [-0.3, -0.25) is 9.78 Å². The average Bonchev–Trinajstić information content (AvgIpc) is 2.63. The van der Waals surface area contributed by atoms with E-state index in [2.05, 4.69) is 10.3 Å². The third-order valence-electron chi connectivity index (χ3n) is 3.39. The summed E-state index contributed by atoms with van der Waals surface area (Å²) in [7, 11) is -2.53. The molecule has 1 aromatic heterocycles. The first-order valence-corrected chi connectivity index (χ1v) is 9.15. The predicted molar refractivity (Wildman–Crippen MR) is 95.0 cm³/mol. The molecule has 9 heteroatoms. The smallest absolute Gasteiger partial charge is 0.244 e. The van der Waals surface area contributed by atoms with E-state index in [1.165, 1.54) is 37.6 Å². The normalized spacial score (nSPS) is 11.0. The van der Waals surface area contributed by atoms with Gasteiger partial charge in [0.25, 0.3) is 0 Å². The summed E-state index contributed by atoms with van der Waals surface area (Å²) in [5.74, 6) is -0.159. The van der Waals surface area contributed by atoms with Crippen molar-refractivity contribution in [3.63, 3.8) is 0 Å². The second kappa shape index (κ2) is 8.42. The van der Waals surface area contributed by atoms with E-state index >= 15 is 0 Å². The van der Waals surface area contributed by atoms with Gasteiger partial charge in [0.15, 0.2) is 0 Å². The fourth-order valence-electron chi connectivity index (χ4n) is 2.14. The lowest BCUT2D eigenvalue weighted by Crippen LogP contribution is -2.35. The zero-order chi connectivity index (χ0) is 19.2. The van der Waals surface area contributed by atoms with Gasteiger partial charge >= 0.3 is 0 Å². The average molecular weight is 374 g/mol. The lowest BCUT2D eigenvalue weighted by molar-refractivity contribution is -0.116. The number of nitrogens with zero attached hydrogens (tertiary/aromatic N) is 3. The van der Waals surface area contributed by atoms with Crippen molar-refractivity contribution in [2.45, 2.75) is 11.8 Å². The van der Waals surface area contributed by atoms with Gasteiger partial charge in [0.1, 0.15) is 10.6 Å². The zero-order valence-corrected chi connectivity index (χ0v) is 15.2. The van der Waals surface area contributed by atoms with Crippen LogP contribution in [0.1, 0.15) is 12.5 Å². The Kier molecular flexibility index (Phi) is 6.27. The Labute approximate surface area is 152 Å². The fourth-order valence-corrected chi connectivity index (χ4v) is 3.23. The van der Waals surface area contributed by atoms with E-state index in [-0.39, 0.29) is 4.90 Å². The van der Waals surface area contributed by atoms with Crippen LogP contribution in [0, 0.1) is 11.3 Å². The van der Waals surface area contributed by atoms with Gasteiger partial charge in [0, 0.05) is 19.4 Å². The molecule has 2 rings (SSSR count). The van der Waals surface area contributed by atoms with Crippen LogP contribution in [0.4, 0.5) is 5.69 Å². The molecule has 2 aromatic rings. The molecule has 0 saturated heterocycles. The summed E-state index contributed by atoms with van der Waals surface area (Å²) in [6.07, 6.45) is 2.68. The summed E-state index contributed by atoms with van der Waals surface area (Å²) in [6.45, 7) is 1.77. The Hall–Kier alpha value is -2.96. The Morgan fingerprint density at radius 2 is 2.15 bits per heavy atom. The highest BCUT2D eigenvalue weighted by Crippen LogP contribution is 2.26. The van der Waals surface area contributed by atoms with Gasteiger partial charge < -0.3 is 10.1 Å². The molecular formula is C17H18N4O4S. The predicted octanol–water partition coefficient (Wildman–Crippen LogP) is 1.61. The third-order valence-corrected chi connectivity index (χ3v) is 5.18. The van der Waals surface area contributed by atoms with Gasteiger partial charge in [0.05, 0.1) is 30.5 Å². The second-order valence-corrected chi connectivity index (χ2v) is 7.30. The highest BCUT2D eigenvalue weighted by Gasteiger charge is 2.23. The summed E-state index contributed by atoms with van der Waals surface area (Å²) >= 11 is 0. The number of pyridine rings is 1. The molecule has 0 unspecified atom stereocenters. The maximum atomic E-state index is 12.4. The number of aromatic nitrogens is 1. The molecule has 0 fully saturated rings. The summed E-state index contributed by atoms with van der Waals surface area (Å²) in [5, 5.41) is 11.6. The van der Waals surface area contributed by atoms with Gasteiger partial charge in [-0.1, -0.05) is 0 Å². The van der Waals surface area contributed by atoms with Gasteiger partial charge in [0.2, 0.25) is 15.9 Å². The number of ether oxygens (including phenoxy) is 1. The van der Waals surface area contributed by atoms with E-state index in [1.54, 1.807) is 19.1 Å². The van der Waals surface area contributed by atoms with E-state index in [4.69, 9.17) is 10.00 Å². The van der Waals surface area contributed by atoms with Crippen LogP contribution in [0.5, 0.6) is 5.75 Å². The number of carbonyl (C=O) groups is 1. The first-order chi connectivity index (χ1) is 12.4. The molecule has 136 valence electrons. The highest BCUT2D eigenvalue weighted by molar-refractivity contribution is 7.89. The largest absolute Gasteiger partial charge is 0.492 e. The highest BCUT2D eigenvalue weighted by atomic mass is 32.2. The van der Waals surface area contributed by atoms with Gasteiger partial charge in [-0.2, -0.15) is 9.57 Å². The van der Waals surface area contributed by atoms with Crippen molar-refractivity contribution in [3.05, 3.63) is 48.3 Å². The number of amides is 1. The van der Waals surface area contributed by atoms with Crippen molar-refractivity contribution < 1.29 is 17.9 Å². The second-order valence-electron chi connectivity index (χ2n) is 5.25. The first-order valence-electron chi connectivity index (χ1n) is 7.71. The molecule has 0 radical (unpaired) electrons. The number of nitriles is 1.